The van der Waals surface area contributed by atoms with Gasteiger partial charge >= 0.3 is 0 Å². The van der Waals surface area contributed by atoms with Crippen LogP contribution < -0.4 is 16.0 Å². The fraction of sp³-hybridized carbons (Fsp3) is 0.750. The summed E-state index contributed by atoms with van der Waals surface area (Å²) in [5.74, 6) is 2.47. The summed E-state index contributed by atoms with van der Waals surface area (Å²) in [5.41, 5.74) is -0.241. The summed E-state index contributed by atoms with van der Waals surface area (Å²) in [4.78, 5) is 16.4. The first kappa shape index (κ1) is 21.7. The smallest absolute Gasteiger partial charge is 0.239 e. The van der Waals surface area contributed by atoms with Crippen LogP contribution in [0.2, 0.25) is 0 Å². The highest BCUT2D eigenvalue weighted by Crippen LogP contribution is 2.14. The number of nitrogens with one attached hydrogen (secondary N) is 3. The Morgan fingerprint density at radius 1 is 1.24 bits per heavy atom. The molecule has 0 saturated carbocycles. The topological polar surface area (TPSA) is 96.2 Å². The number of aliphatic imine (C=N–C) groups is 1. The summed E-state index contributed by atoms with van der Waals surface area (Å²) in [6, 6.07) is 0. The Labute approximate surface area is 166 Å². The number of nitrogens with zero attached hydrogens (tertiary/aromatic N) is 4. The van der Waals surface area contributed by atoms with Gasteiger partial charge in [-0.15, -0.1) is 34.2 Å². The fourth-order valence-corrected chi connectivity index (χ4v) is 2.60. The molecule has 2 heterocycles. The molecule has 0 aliphatic carbocycles. The van der Waals surface area contributed by atoms with Crippen molar-refractivity contribution in [1.82, 2.24) is 30.7 Å². The Balaban J connectivity index is 0.00000312. The fourth-order valence-electron chi connectivity index (χ4n) is 2.60. The molecule has 2 rings (SSSR count). The van der Waals surface area contributed by atoms with Crippen LogP contribution in [0.5, 0.6) is 0 Å². The molecule has 1 aliphatic rings. The van der Waals surface area contributed by atoms with Gasteiger partial charge < -0.3 is 20.5 Å². The third-order valence-corrected chi connectivity index (χ3v) is 3.59. The molecule has 1 aromatic rings. The maximum atomic E-state index is 11.9. The normalized spacial score (nSPS) is 14.3. The van der Waals surface area contributed by atoms with E-state index < -0.39 is 0 Å². The van der Waals surface area contributed by atoms with Crippen LogP contribution in [-0.2, 0) is 24.3 Å². The zero-order chi connectivity index (χ0) is 17.6. The summed E-state index contributed by atoms with van der Waals surface area (Å²) in [7, 11) is 0. The number of carbonyl (C=O) groups excluding carboxylic acids is 1. The third kappa shape index (κ3) is 7.17. The quantitative estimate of drug-likeness (QED) is 0.347. The Morgan fingerprint density at radius 3 is 2.68 bits per heavy atom. The number of carbonyl (C=O) groups is 1. The summed E-state index contributed by atoms with van der Waals surface area (Å²) in [5, 5.41) is 17.6. The molecular weight excluding hydrogens is 433 g/mol. The highest BCUT2D eigenvalue weighted by molar-refractivity contribution is 14.0. The molecule has 142 valence electrons. The maximum absolute atomic E-state index is 11.9. The van der Waals surface area contributed by atoms with E-state index in [1.807, 2.05) is 27.7 Å². The SMILES string of the molecule is CCNC(=NCc1nnc2n1CCCC2)NCC(=O)NC(C)(C)C.I. The van der Waals surface area contributed by atoms with E-state index in [0.717, 1.165) is 37.6 Å². The summed E-state index contributed by atoms with van der Waals surface area (Å²) in [6.07, 6.45) is 3.32. The van der Waals surface area contributed by atoms with E-state index >= 15 is 0 Å². The molecule has 8 nitrogen and oxygen atoms in total. The monoisotopic (exact) mass is 463 g/mol. The number of halogens is 1. The highest BCUT2D eigenvalue weighted by atomic mass is 127. The lowest BCUT2D eigenvalue weighted by Gasteiger charge is -2.21. The van der Waals surface area contributed by atoms with Crippen LogP contribution in [0.3, 0.4) is 0 Å². The second-order valence-electron chi connectivity index (χ2n) is 6.99. The van der Waals surface area contributed by atoms with Crippen molar-refractivity contribution in [3.05, 3.63) is 11.6 Å². The van der Waals surface area contributed by atoms with E-state index in [0.29, 0.717) is 12.5 Å². The predicted octanol–water partition coefficient (Wildman–Crippen LogP) is 1.20. The molecule has 1 aromatic heterocycles. The molecule has 0 bridgehead atoms. The van der Waals surface area contributed by atoms with E-state index in [9.17, 15) is 4.79 Å². The number of aromatic nitrogens is 3. The number of aryl methyl sites for hydroxylation is 1. The molecule has 3 N–H and O–H groups in total. The maximum Gasteiger partial charge on any atom is 0.239 e. The van der Waals surface area contributed by atoms with Crippen molar-refractivity contribution in [1.29, 1.82) is 0 Å². The lowest BCUT2D eigenvalue weighted by Crippen LogP contribution is -2.48. The van der Waals surface area contributed by atoms with Crippen molar-refractivity contribution in [3.63, 3.8) is 0 Å². The van der Waals surface area contributed by atoms with Crippen molar-refractivity contribution >= 4 is 35.8 Å². The first-order chi connectivity index (χ1) is 11.4. The Kier molecular flexibility index (Phi) is 8.60. The number of rotatable bonds is 5. The standard InChI is InChI=1S/C16H29N7O.HI/c1-5-17-15(19-11-14(24)20-16(2,3)4)18-10-13-22-21-12-8-6-7-9-23(12)13;/h5-11H2,1-4H3,(H,20,24)(H2,17,18,19);1H. The van der Waals surface area contributed by atoms with Crippen LogP contribution in [0.4, 0.5) is 0 Å². The van der Waals surface area contributed by atoms with Crippen LogP contribution in [0, 0.1) is 0 Å². The summed E-state index contributed by atoms with van der Waals surface area (Å²) in [6.45, 7) is 10.2. The number of fused-ring (bicyclic) bond motifs is 1. The van der Waals surface area contributed by atoms with Gasteiger partial charge in [-0.2, -0.15) is 0 Å². The molecule has 1 aliphatic heterocycles. The van der Waals surface area contributed by atoms with Crippen LogP contribution >= 0.6 is 24.0 Å². The van der Waals surface area contributed by atoms with E-state index in [2.05, 4.69) is 35.7 Å². The van der Waals surface area contributed by atoms with Crippen LogP contribution in [-0.4, -0.2) is 45.3 Å². The number of hydrogen-bond acceptors (Lipinski definition) is 4. The second kappa shape index (κ2) is 9.93. The van der Waals surface area contributed by atoms with Crippen molar-refractivity contribution in [2.75, 3.05) is 13.1 Å². The molecule has 0 saturated heterocycles. The minimum absolute atomic E-state index is 0. The van der Waals surface area contributed by atoms with E-state index in [4.69, 9.17) is 0 Å². The molecule has 0 spiro atoms. The molecule has 0 aromatic carbocycles. The molecular formula is C16H30IN7O. The Morgan fingerprint density at radius 2 is 2.00 bits per heavy atom. The van der Waals surface area contributed by atoms with E-state index in [1.165, 1.54) is 6.42 Å². The number of guanidine groups is 1. The van der Waals surface area contributed by atoms with Gasteiger partial charge in [-0.1, -0.05) is 0 Å². The van der Waals surface area contributed by atoms with E-state index in [1.54, 1.807) is 0 Å². The second-order valence-corrected chi connectivity index (χ2v) is 6.99. The van der Waals surface area contributed by atoms with E-state index in [-0.39, 0.29) is 42.0 Å². The Bertz CT molecular complexity index is 592. The minimum atomic E-state index is -0.241. The molecule has 9 heteroatoms. The average molecular weight is 463 g/mol. The average Bonchev–Trinajstić information content (AvgIpc) is 2.92. The van der Waals surface area contributed by atoms with Gasteiger partial charge in [0.25, 0.3) is 0 Å². The molecule has 0 radical (unpaired) electrons. The van der Waals surface area contributed by atoms with Crippen molar-refractivity contribution in [2.45, 2.75) is 65.6 Å². The van der Waals surface area contributed by atoms with Crippen LogP contribution in [0.15, 0.2) is 4.99 Å². The van der Waals surface area contributed by atoms with Crippen LogP contribution in [0.1, 0.15) is 52.2 Å². The molecule has 25 heavy (non-hydrogen) atoms. The minimum Gasteiger partial charge on any atom is -0.357 e. The van der Waals surface area contributed by atoms with Gasteiger partial charge in [-0.25, -0.2) is 4.99 Å². The zero-order valence-electron chi connectivity index (χ0n) is 15.6. The zero-order valence-corrected chi connectivity index (χ0v) is 17.9. The van der Waals surface area contributed by atoms with Gasteiger partial charge in [0, 0.05) is 25.0 Å². The summed E-state index contributed by atoms with van der Waals surface area (Å²) >= 11 is 0. The van der Waals surface area contributed by atoms with Gasteiger partial charge in [-0.05, 0) is 40.5 Å². The first-order valence-corrected chi connectivity index (χ1v) is 8.63. The first-order valence-electron chi connectivity index (χ1n) is 8.63. The Hall–Kier alpha value is -1.39. The highest BCUT2D eigenvalue weighted by Gasteiger charge is 2.16. The molecule has 0 unspecified atom stereocenters. The largest absolute Gasteiger partial charge is 0.357 e. The lowest BCUT2D eigenvalue weighted by molar-refractivity contribution is -0.121. The lowest BCUT2D eigenvalue weighted by atomic mass is 10.1. The van der Waals surface area contributed by atoms with Crippen molar-refractivity contribution in [2.24, 2.45) is 4.99 Å². The predicted molar refractivity (Wildman–Crippen MR) is 109 cm³/mol. The third-order valence-electron chi connectivity index (χ3n) is 3.59. The molecule has 1 amide bonds. The number of hydrogen-bond donors (Lipinski definition) is 3. The van der Waals surface area contributed by atoms with Crippen molar-refractivity contribution in [3.8, 4) is 0 Å². The molecule has 0 atom stereocenters. The summed E-state index contributed by atoms with van der Waals surface area (Å²) < 4.78 is 2.16. The van der Waals surface area contributed by atoms with Gasteiger partial charge in [0.2, 0.25) is 5.91 Å². The van der Waals surface area contributed by atoms with Gasteiger partial charge in [0.15, 0.2) is 11.8 Å². The number of amides is 1. The van der Waals surface area contributed by atoms with Gasteiger partial charge in [0.1, 0.15) is 12.4 Å². The van der Waals surface area contributed by atoms with Gasteiger partial charge in [-0.3, -0.25) is 4.79 Å². The van der Waals surface area contributed by atoms with Gasteiger partial charge in [0.05, 0.1) is 6.54 Å². The molecule has 0 fully saturated rings. The van der Waals surface area contributed by atoms with Crippen LogP contribution in [0.25, 0.3) is 0 Å². The van der Waals surface area contributed by atoms with Crippen molar-refractivity contribution < 1.29 is 4.79 Å².